The van der Waals surface area contributed by atoms with Gasteiger partial charge >= 0.3 is 6.16 Å². The molecule has 26 heavy (non-hydrogen) atoms. The van der Waals surface area contributed by atoms with Gasteiger partial charge in [0.2, 0.25) is 0 Å². The van der Waals surface area contributed by atoms with Crippen LogP contribution in [-0.2, 0) is 0 Å². The monoisotopic (exact) mass is 351 g/mol. The van der Waals surface area contributed by atoms with Crippen molar-refractivity contribution in [2.24, 2.45) is 0 Å². The molecule has 4 rings (SSSR count). The van der Waals surface area contributed by atoms with Crippen LogP contribution in [0.3, 0.4) is 0 Å². The fraction of sp³-hybridized carbons (Fsp3) is 0.211. The van der Waals surface area contributed by atoms with Gasteiger partial charge in [-0.2, -0.15) is 0 Å². The number of nitrogens with zero attached hydrogens (tertiary/aromatic N) is 2. The van der Waals surface area contributed by atoms with E-state index >= 15 is 0 Å². The number of anilines is 1. The molecule has 132 valence electrons. The van der Waals surface area contributed by atoms with Crippen LogP contribution in [0.4, 0.5) is 10.6 Å². The van der Waals surface area contributed by atoms with Gasteiger partial charge in [0.1, 0.15) is 5.82 Å². The lowest BCUT2D eigenvalue weighted by Crippen LogP contribution is -2.20. The average Bonchev–Trinajstić information content (AvgIpc) is 3.43. The Morgan fingerprint density at radius 2 is 2.12 bits per heavy atom. The Bertz CT molecular complexity index is 1080. The number of carbonyl (C=O) groups is 1. The normalized spacial score (nSPS) is 13.7. The summed E-state index contributed by atoms with van der Waals surface area (Å²) in [5.74, 6) is 0.580. The zero-order chi connectivity index (χ0) is 18.4. The second kappa shape index (κ2) is 5.87. The molecule has 0 atom stereocenters. The number of aryl methyl sites for hydroxylation is 1. The SMILES string of the molecule is Cc1c(-c2ccc(N)nc2)ccn2c(=O)c(OC(=O)O)cc(C3CC3)c12. The lowest BCUT2D eigenvalue weighted by molar-refractivity contribution is 0.143. The van der Waals surface area contributed by atoms with Crippen molar-refractivity contribution in [2.75, 3.05) is 5.73 Å². The van der Waals surface area contributed by atoms with Gasteiger partial charge in [-0.25, -0.2) is 9.78 Å². The van der Waals surface area contributed by atoms with Gasteiger partial charge in [0, 0.05) is 18.0 Å². The third-order valence-corrected chi connectivity index (χ3v) is 4.69. The standard InChI is InChI=1S/C19H17N3O4/c1-10-13(12-4-5-16(20)21-9-12)6-7-22-17(10)14(11-2-3-11)8-15(18(22)23)26-19(24)25/h4-9,11H,2-3H2,1H3,(H2,20,21)(H,24,25). The van der Waals surface area contributed by atoms with E-state index in [0.717, 1.165) is 40.6 Å². The Hall–Kier alpha value is -3.35. The quantitative estimate of drug-likeness (QED) is 0.702. The molecular formula is C19H17N3O4. The van der Waals surface area contributed by atoms with Gasteiger partial charge in [0.15, 0.2) is 5.75 Å². The first-order valence-electron chi connectivity index (χ1n) is 8.27. The number of hydrogen-bond acceptors (Lipinski definition) is 5. The molecule has 0 aromatic carbocycles. The number of aromatic nitrogens is 2. The second-order valence-corrected chi connectivity index (χ2v) is 6.46. The summed E-state index contributed by atoms with van der Waals surface area (Å²) in [6.07, 6.45) is 3.87. The van der Waals surface area contributed by atoms with Gasteiger partial charge in [-0.05, 0) is 66.6 Å². The highest BCUT2D eigenvalue weighted by atomic mass is 16.7. The van der Waals surface area contributed by atoms with E-state index in [0.29, 0.717) is 11.7 Å². The van der Waals surface area contributed by atoms with E-state index in [1.165, 1.54) is 4.40 Å². The highest BCUT2D eigenvalue weighted by molar-refractivity contribution is 5.78. The number of fused-ring (bicyclic) bond motifs is 1. The summed E-state index contributed by atoms with van der Waals surface area (Å²) in [5, 5.41) is 8.89. The number of nitrogens with two attached hydrogens (primary N) is 1. The minimum atomic E-state index is -1.50. The second-order valence-electron chi connectivity index (χ2n) is 6.46. The fourth-order valence-electron chi connectivity index (χ4n) is 3.32. The molecule has 1 aliphatic rings. The van der Waals surface area contributed by atoms with Crippen LogP contribution in [0.25, 0.3) is 16.6 Å². The van der Waals surface area contributed by atoms with Crippen LogP contribution in [-0.4, -0.2) is 20.6 Å². The molecule has 0 unspecified atom stereocenters. The molecule has 0 amide bonds. The summed E-state index contributed by atoms with van der Waals surface area (Å²) in [4.78, 5) is 27.7. The van der Waals surface area contributed by atoms with Crippen LogP contribution < -0.4 is 16.0 Å². The molecule has 0 saturated heterocycles. The van der Waals surface area contributed by atoms with E-state index in [-0.39, 0.29) is 5.75 Å². The van der Waals surface area contributed by atoms with Crippen molar-refractivity contribution < 1.29 is 14.6 Å². The highest BCUT2D eigenvalue weighted by Gasteiger charge is 2.29. The van der Waals surface area contributed by atoms with E-state index in [1.807, 2.05) is 19.1 Å². The summed E-state index contributed by atoms with van der Waals surface area (Å²) in [7, 11) is 0. The summed E-state index contributed by atoms with van der Waals surface area (Å²) in [5.41, 5.74) is 9.69. The lowest BCUT2D eigenvalue weighted by Gasteiger charge is -2.15. The minimum Gasteiger partial charge on any atom is -0.449 e. The predicted molar refractivity (Wildman–Crippen MR) is 96.7 cm³/mol. The maximum absolute atomic E-state index is 12.6. The van der Waals surface area contributed by atoms with Gasteiger partial charge in [0.25, 0.3) is 5.56 Å². The number of nitrogen functional groups attached to an aromatic ring is 1. The van der Waals surface area contributed by atoms with Crippen LogP contribution in [0.5, 0.6) is 5.75 Å². The summed E-state index contributed by atoms with van der Waals surface area (Å²) >= 11 is 0. The maximum atomic E-state index is 12.6. The number of ether oxygens (including phenoxy) is 1. The largest absolute Gasteiger partial charge is 0.511 e. The molecule has 3 aromatic heterocycles. The van der Waals surface area contributed by atoms with Gasteiger partial charge in [0.05, 0.1) is 5.52 Å². The molecule has 1 fully saturated rings. The van der Waals surface area contributed by atoms with Crippen molar-refractivity contribution in [1.82, 2.24) is 9.38 Å². The number of pyridine rings is 3. The van der Waals surface area contributed by atoms with E-state index in [2.05, 4.69) is 4.98 Å². The molecule has 0 aliphatic heterocycles. The van der Waals surface area contributed by atoms with Gasteiger partial charge < -0.3 is 15.6 Å². The van der Waals surface area contributed by atoms with E-state index in [1.54, 1.807) is 24.5 Å². The molecule has 3 aromatic rings. The third kappa shape index (κ3) is 2.67. The summed E-state index contributed by atoms with van der Waals surface area (Å²) in [6, 6.07) is 7.01. The Morgan fingerprint density at radius 3 is 2.73 bits per heavy atom. The number of hydrogen-bond donors (Lipinski definition) is 2. The molecule has 7 heteroatoms. The topological polar surface area (TPSA) is 107 Å². The Morgan fingerprint density at radius 1 is 1.35 bits per heavy atom. The zero-order valence-electron chi connectivity index (χ0n) is 14.1. The Kier molecular flexibility index (Phi) is 3.64. The van der Waals surface area contributed by atoms with Crippen molar-refractivity contribution >= 4 is 17.5 Å². The number of carboxylic acid groups (broad SMARTS) is 1. The van der Waals surface area contributed by atoms with Crippen LogP contribution in [0.2, 0.25) is 0 Å². The van der Waals surface area contributed by atoms with Gasteiger partial charge in [-0.1, -0.05) is 0 Å². The van der Waals surface area contributed by atoms with Crippen molar-refractivity contribution in [2.45, 2.75) is 25.7 Å². The Labute approximate surface area is 148 Å². The number of rotatable bonds is 3. The third-order valence-electron chi connectivity index (χ3n) is 4.69. The molecule has 7 nitrogen and oxygen atoms in total. The minimum absolute atomic E-state index is 0.168. The van der Waals surface area contributed by atoms with Crippen LogP contribution in [0.1, 0.15) is 29.9 Å². The smallest absolute Gasteiger partial charge is 0.449 e. The molecule has 3 heterocycles. The van der Waals surface area contributed by atoms with Crippen LogP contribution in [0.15, 0.2) is 41.5 Å². The van der Waals surface area contributed by atoms with E-state index < -0.39 is 11.7 Å². The molecule has 1 saturated carbocycles. The van der Waals surface area contributed by atoms with Crippen molar-refractivity contribution in [1.29, 1.82) is 0 Å². The highest BCUT2D eigenvalue weighted by Crippen LogP contribution is 2.44. The van der Waals surface area contributed by atoms with Crippen molar-refractivity contribution in [3.8, 4) is 16.9 Å². The predicted octanol–water partition coefficient (Wildman–Crippen LogP) is 3.19. The molecule has 3 N–H and O–H groups in total. The first kappa shape index (κ1) is 16.1. The van der Waals surface area contributed by atoms with Crippen molar-refractivity contribution in [3.63, 3.8) is 0 Å². The van der Waals surface area contributed by atoms with Gasteiger partial charge in [-0.3, -0.25) is 9.20 Å². The van der Waals surface area contributed by atoms with E-state index in [9.17, 15) is 9.59 Å². The first-order valence-corrected chi connectivity index (χ1v) is 8.27. The van der Waals surface area contributed by atoms with Crippen molar-refractivity contribution in [3.05, 3.63) is 58.1 Å². The zero-order valence-corrected chi connectivity index (χ0v) is 14.1. The molecule has 0 radical (unpaired) electrons. The molecular weight excluding hydrogens is 334 g/mol. The van der Waals surface area contributed by atoms with E-state index in [4.69, 9.17) is 15.6 Å². The Balaban J connectivity index is 1.99. The lowest BCUT2D eigenvalue weighted by atomic mass is 9.98. The van der Waals surface area contributed by atoms with Crippen LogP contribution >= 0.6 is 0 Å². The molecule has 0 bridgehead atoms. The molecule has 0 spiro atoms. The fourth-order valence-corrected chi connectivity index (χ4v) is 3.32. The first-order chi connectivity index (χ1) is 12.5. The molecule has 1 aliphatic carbocycles. The maximum Gasteiger partial charge on any atom is 0.511 e. The summed E-state index contributed by atoms with van der Waals surface area (Å²) in [6.45, 7) is 1.95. The average molecular weight is 351 g/mol. The van der Waals surface area contributed by atoms with Gasteiger partial charge in [-0.15, -0.1) is 0 Å². The van der Waals surface area contributed by atoms with Crippen LogP contribution in [0, 0.1) is 6.92 Å². The summed E-state index contributed by atoms with van der Waals surface area (Å²) < 4.78 is 6.17.